The fourth-order valence-electron chi connectivity index (χ4n) is 5.67. The Morgan fingerprint density at radius 2 is 1.61 bits per heavy atom. The SMILES string of the molecule is O=C1CCNCCN1C12CC3CC(CC(C3)C1)C2. The van der Waals surface area contributed by atoms with Crippen LogP contribution in [0.1, 0.15) is 44.9 Å². The Bertz CT molecular complexity index is 330. The van der Waals surface area contributed by atoms with Crippen LogP contribution in [0.25, 0.3) is 0 Å². The van der Waals surface area contributed by atoms with E-state index in [2.05, 4.69) is 10.2 Å². The van der Waals surface area contributed by atoms with Gasteiger partial charge in [-0.3, -0.25) is 4.79 Å². The molecule has 18 heavy (non-hydrogen) atoms. The van der Waals surface area contributed by atoms with Crippen LogP contribution in [0, 0.1) is 17.8 Å². The maximum Gasteiger partial charge on any atom is 0.224 e. The van der Waals surface area contributed by atoms with Crippen LogP contribution in [0.15, 0.2) is 0 Å². The van der Waals surface area contributed by atoms with Crippen LogP contribution in [-0.4, -0.2) is 36.0 Å². The van der Waals surface area contributed by atoms with Gasteiger partial charge in [0.05, 0.1) is 0 Å². The number of hydrogen-bond acceptors (Lipinski definition) is 2. The number of hydrogen-bond donors (Lipinski definition) is 1. The van der Waals surface area contributed by atoms with Crippen LogP contribution in [0.3, 0.4) is 0 Å². The van der Waals surface area contributed by atoms with Crippen LogP contribution >= 0.6 is 0 Å². The highest BCUT2D eigenvalue weighted by molar-refractivity contribution is 5.77. The van der Waals surface area contributed by atoms with E-state index in [1.807, 2.05) is 0 Å². The number of rotatable bonds is 1. The molecule has 3 heteroatoms. The summed E-state index contributed by atoms with van der Waals surface area (Å²) in [6.45, 7) is 2.82. The van der Waals surface area contributed by atoms with Gasteiger partial charge in [-0.05, 0) is 56.3 Å². The Hall–Kier alpha value is -0.570. The summed E-state index contributed by atoms with van der Waals surface area (Å²) in [7, 11) is 0. The summed E-state index contributed by atoms with van der Waals surface area (Å²) in [5.41, 5.74) is 0.276. The average molecular weight is 248 g/mol. The first-order chi connectivity index (χ1) is 8.75. The smallest absolute Gasteiger partial charge is 0.224 e. The third-order valence-corrected chi connectivity index (χ3v) is 5.91. The molecular weight excluding hydrogens is 224 g/mol. The molecule has 100 valence electrons. The summed E-state index contributed by atoms with van der Waals surface area (Å²) in [6, 6.07) is 0. The van der Waals surface area contributed by atoms with Crippen molar-refractivity contribution in [2.75, 3.05) is 19.6 Å². The Morgan fingerprint density at radius 1 is 1.00 bits per heavy atom. The lowest BCUT2D eigenvalue weighted by Gasteiger charge is -2.60. The molecule has 0 atom stereocenters. The minimum absolute atomic E-state index is 0.276. The second kappa shape index (κ2) is 3.96. The molecule has 0 aromatic carbocycles. The molecule has 1 aliphatic heterocycles. The van der Waals surface area contributed by atoms with Crippen LogP contribution in [0.4, 0.5) is 0 Å². The predicted molar refractivity (Wildman–Crippen MR) is 70.1 cm³/mol. The van der Waals surface area contributed by atoms with Crippen molar-refractivity contribution in [1.29, 1.82) is 0 Å². The van der Waals surface area contributed by atoms with Gasteiger partial charge >= 0.3 is 0 Å². The molecule has 0 aromatic rings. The summed E-state index contributed by atoms with van der Waals surface area (Å²) < 4.78 is 0. The lowest BCUT2D eigenvalue weighted by Crippen LogP contribution is -2.61. The molecule has 1 heterocycles. The lowest BCUT2D eigenvalue weighted by atomic mass is 9.52. The van der Waals surface area contributed by atoms with Crippen LogP contribution < -0.4 is 5.32 Å². The second-order valence-electron chi connectivity index (χ2n) is 7.19. The van der Waals surface area contributed by atoms with E-state index in [-0.39, 0.29) is 5.54 Å². The van der Waals surface area contributed by atoms with Crippen molar-refractivity contribution in [1.82, 2.24) is 10.2 Å². The van der Waals surface area contributed by atoms with Crippen LogP contribution in [0.5, 0.6) is 0 Å². The van der Waals surface area contributed by atoms with E-state index >= 15 is 0 Å². The molecule has 1 N–H and O–H groups in total. The van der Waals surface area contributed by atoms with Gasteiger partial charge in [-0.2, -0.15) is 0 Å². The fraction of sp³-hybridized carbons (Fsp3) is 0.933. The maximum absolute atomic E-state index is 12.4. The first-order valence-electron chi connectivity index (χ1n) is 7.76. The number of nitrogens with zero attached hydrogens (tertiary/aromatic N) is 1. The zero-order chi connectivity index (χ0) is 12.2. The molecule has 1 saturated heterocycles. The van der Waals surface area contributed by atoms with Gasteiger partial charge in [0.15, 0.2) is 0 Å². The minimum Gasteiger partial charge on any atom is -0.336 e. The highest BCUT2D eigenvalue weighted by Crippen LogP contribution is 2.57. The second-order valence-corrected chi connectivity index (χ2v) is 7.19. The maximum atomic E-state index is 12.4. The van der Waals surface area contributed by atoms with E-state index in [4.69, 9.17) is 0 Å². The van der Waals surface area contributed by atoms with Gasteiger partial charge in [0.1, 0.15) is 0 Å². The molecule has 5 fully saturated rings. The number of carbonyl (C=O) groups is 1. The Balaban J connectivity index is 1.64. The average Bonchev–Trinajstić information content (AvgIpc) is 2.52. The Labute approximate surface area is 109 Å². The van der Waals surface area contributed by atoms with Gasteiger partial charge in [0.2, 0.25) is 5.91 Å². The monoisotopic (exact) mass is 248 g/mol. The first-order valence-corrected chi connectivity index (χ1v) is 7.76. The normalized spacial score (nSPS) is 47.4. The van der Waals surface area contributed by atoms with Crippen LogP contribution in [0.2, 0.25) is 0 Å². The first kappa shape index (κ1) is 11.3. The zero-order valence-electron chi connectivity index (χ0n) is 11.2. The molecule has 4 bridgehead atoms. The summed E-state index contributed by atoms with van der Waals surface area (Å²) >= 11 is 0. The van der Waals surface area contributed by atoms with E-state index in [9.17, 15) is 4.79 Å². The molecular formula is C15H24N2O. The largest absolute Gasteiger partial charge is 0.336 e. The summed E-state index contributed by atoms with van der Waals surface area (Å²) in [6.07, 6.45) is 9.01. The molecule has 5 aliphatic rings. The number of amides is 1. The minimum atomic E-state index is 0.276. The zero-order valence-corrected chi connectivity index (χ0v) is 11.2. The van der Waals surface area contributed by atoms with Crippen molar-refractivity contribution in [3.05, 3.63) is 0 Å². The standard InChI is InChI=1S/C15H24N2O/c18-14-1-2-16-3-4-17(14)15-8-11-5-12(9-15)7-13(6-11)10-15/h11-13,16H,1-10H2. The fourth-order valence-corrected chi connectivity index (χ4v) is 5.67. The van der Waals surface area contributed by atoms with Crippen LogP contribution in [-0.2, 0) is 4.79 Å². The van der Waals surface area contributed by atoms with E-state index in [1.54, 1.807) is 0 Å². The lowest BCUT2D eigenvalue weighted by molar-refractivity contribution is -0.149. The molecule has 4 saturated carbocycles. The van der Waals surface area contributed by atoms with Crippen molar-refractivity contribution in [2.24, 2.45) is 17.8 Å². The van der Waals surface area contributed by atoms with Crippen molar-refractivity contribution in [3.8, 4) is 0 Å². The van der Waals surface area contributed by atoms with Crippen molar-refractivity contribution in [3.63, 3.8) is 0 Å². The Kier molecular flexibility index (Phi) is 2.48. The third kappa shape index (κ3) is 1.63. The highest BCUT2D eigenvalue weighted by atomic mass is 16.2. The van der Waals surface area contributed by atoms with Crippen molar-refractivity contribution >= 4 is 5.91 Å². The van der Waals surface area contributed by atoms with E-state index in [0.717, 1.165) is 37.4 Å². The van der Waals surface area contributed by atoms with E-state index in [1.165, 1.54) is 38.5 Å². The van der Waals surface area contributed by atoms with E-state index in [0.29, 0.717) is 12.3 Å². The van der Waals surface area contributed by atoms with Gasteiger partial charge in [0, 0.05) is 31.6 Å². The quantitative estimate of drug-likeness (QED) is 0.767. The van der Waals surface area contributed by atoms with Crippen molar-refractivity contribution < 1.29 is 4.79 Å². The molecule has 0 unspecified atom stereocenters. The van der Waals surface area contributed by atoms with Crippen molar-refractivity contribution in [2.45, 2.75) is 50.5 Å². The van der Waals surface area contributed by atoms with Gasteiger partial charge in [-0.15, -0.1) is 0 Å². The van der Waals surface area contributed by atoms with Gasteiger partial charge in [-0.25, -0.2) is 0 Å². The molecule has 5 rings (SSSR count). The molecule has 3 nitrogen and oxygen atoms in total. The summed E-state index contributed by atoms with van der Waals surface area (Å²) in [5, 5.41) is 3.38. The topological polar surface area (TPSA) is 32.3 Å². The van der Waals surface area contributed by atoms with Gasteiger partial charge in [-0.1, -0.05) is 0 Å². The predicted octanol–water partition coefficient (Wildman–Crippen LogP) is 1.78. The summed E-state index contributed by atoms with van der Waals surface area (Å²) in [5.74, 6) is 3.21. The van der Waals surface area contributed by atoms with Gasteiger partial charge in [0.25, 0.3) is 0 Å². The molecule has 0 spiro atoms. The summed E-state index contributed by atoms with van der Waals surface area (Å²) in [4.78, 5) is 14.7. The molecule has 4 aliphatic carbocycles. The van der Waals surface area contributed by atoms with E-state index < -0.39 is 0 Å². The third-order valence-electron chi connectivity index (χ3n) is 5.91. The number of carbonyl (C=O) groups excluding carboxylic acids is 1. The number of nitrogens with one attached hydrogen (secondary N) is 1. The highest BCUT2D eigenvalue weighted by Gasteiger charge is 2.54. The molecule has 0 aromatic heterocycles. The molecule has 0 radical (unpaired) electrons. The molecule has 1 amide bonds. The van der Waals surface area contributed by atoms with Gasteiger partial charge < -0.3 is 10.2 Å². The Morgan fingerprint density at radius 3 is 2.22 bits per heavy atom.